The number of aryl methyl sites for hydroxylation is 1. The van der Waals surface area contributed by atoms with Crippen molar-refractivity contribution < 1.29 is 18.3 Å². The molecular weight excluding hydrogens is 345 g/mol. The zero-order valence-corrected chi connectivity index (χ0v) is 14.4. The number of hydrogen-bond donors (Lipinski definition) is 1. The molecule has 0 saturated heterocycles. The van der Waals surface area contributed by atoms with Gasteiger partial charge in [0.15, 0.2) is 0 Å². The van der Waals surface area contributed by atoms with E-state index in [4.69, 9.17) is 0 Å². The monoisotopic (exact) mass is 364 g/mol. The lowest BCUT2D eigenvalue weighted by Gasteiger charge is -2.12. The molecule has 1 atom stereocenters. The molecule has 3 rings (SSSR count). The maximum absolute atomic E-state index is 13.6. The number of nitrogens with zero attached hydrogens (tertiary/aromatic N) is 4. The summed E-state index contributed by atoms with van der Waals surface area (Å²) in [6.07, 6.45) is 4.17. The Balaban J connectivity index is 2.09. The van der Waals surface area contributed by atoms with Crippen molar-refractivity contribution in [3.8, 4) is 11.3 Å². The van der Waals surface area contributed by atoms with Crippen LogP contribution in [0.3, 0.4) is 0 Å². The normalized spacial score (nSPS) is 12.7. The van der Waals surface area contributed by atoms with Gasteiger partial charge in [-0.3, -0.25) is 4.68 Å². The van der Waals surface area contributed by atoms with E-state index in [9.17, 15) is 18.3 Å². The van der Waals surface area contributed by atoms with Crippen LogP contribution in [-0.4, -0.2) is 24.7 Å². The predicted octanol–water partition coefficient (Wildman–Crippen LogP) is 3.94. The largest absolute Gasteiger partial charge is 0.389 e. The molecule has 3 aromatic rings. The van der Waals surface area contributed by atoms with Crippen molar-refractivity contribution in [3.05, 3.63) is 59.3 Å². The van der Waals surface area contributed by atoms with Crippen LogP contribution in [0.25, 0.3) is 11.3 Å². The van der Waals surface area contributed by atoms with Gasteiger partial charge in [0, 0.05) is 36.5 Å². The fourth-order valence-corrected chi connectivity index (χ4v) is 2.87. The highest BCUT2D eigenvalue weighted by Gasteiger charge is 2.20. The van der Waals surface area contributed by atoms with Crippen LogP contribution in [0, 0.1) is 5.82 Å². The summed E-state index contributed by atoms with van der Waals surface area (Å²) in [6.45, 7) is 1.35. The van der Waals surface area contributed by atoms with Gasteiger partial charge >= 0.3 is 6.55 Å². The van der Waals surface area contributed by atoms with E-state index in [1.165, 1.54) is 31.3 Å². The van der Waals surface area contributed by atoms with Gasteiger partial charge in [0.2, 0.25) is 0 Å². The molecule has 0 aliphatic rings. The predicted molar refractivity (Wildman–Crippen MR) is 90.2 cm³/mol. The first-order valence-electron chi connectivity index (χ1n) is 8.24. The molecule has 0 fully saturated rings. The Bertz CT molecular complexity index is 902. The third kappa shape index (κ3) is 3.65. The molecule has 8 heteroatoms. The molecule has 26 heavy (non-hydrogen) atoms. The number of benzene rings is 1. The van der Waals surface area contributed by atoms with Crippen LogP contribution in [0.2, 0.25) is 0 Å². The molecule has 0 bridgehead atoms. The molecule has 0 saturated carbocycles. The fraction of sp³-hybridized carbons (Fsp3) is 0.333. The number of rotatable bonds is 6. The van der Waals surface area contributed by atoms with Crippen LogP contribution >= 0.6 is 0 Å². The maximum Gasteiger partial charge on any atom is 0.333 e. The first-order valence-corrected chi connectivity index (χ1v) is 8.24. The van der Waals surface area contributed by atoms with Crippen LogP contribution in [0.15, 0.2) is 36.8 Å². The highest BCUT2D eigenvalue weighted by Crippen LogP contribution is 2.32. The van der Waals surface area contributed by atoms with Gasteiger partial charge in [-0.15, -0.1) is 0 Å². The molecule has 0 aliphatic carbocycles. The molecule has 2 aromatic heterocycles. The summed E-state index contributed by atoms with van der Waals surface area (Å²) in [4.78, 5) is 0. The Morgan fingerprint density at radius 1 is 1.23 bits per heavy atom. The van der Waals surface area contributed by atoms with E-state index in [-0.39, 0.29) is 0 Å². The molecule has 0 aliphatic heterocycles. The number of aliphatic hydroxyl groups is 1. The smallest absolute Gasteiger partial charge is 0.333 e. The second-order valence-electron chi connectivity index (χ2n) is 6.05. The molecule has 0 spiro atoms. The lowest BCUT2D eigenvalue weighted by atomic mass is 9.96. The van der Waals surface area contributed by atoms with Gasteiger partial charge in [-0.1, -0.05) is 0 Å². The van der Waals surface area contributed by atoms with Crippen LogP contribution in [0.5, 0.6) is 0 Å². The highest BCUT2D eigenvalue weighted by molar-refractivity contribution is 5.67. The fourth-order valence-electron chi connectivity index (χ4n) is 2.87. The molecule has 0 amide bonds. The summed E-state index contributed by atoms with van der Waals surface area (Å²) in [7, 11) is 0. The lowest BCUT2D eigenvalue weighted by molar-refractivity contribution is 0.0567. The van der Waals surface area contributed by atoms with Crippen LogP contribution in [-0.2, 0) is 13.0 Å². The van der Waals surface area contributed by atoms with Crippen molar-refractivity contribution in [2.45, 2.75) is 39.5 Å². The van der Waals surface area contributed by atoms with E-state index in [1.54, 1.807) is 10.9 Å². The van der Waals surface area contributed by atoms with Crippen molar-refractivity contribution >= 4 is 0 Å². The standard InChI is InChI=1S/C18H19F3N4O/c1-3-24-9-12(8-22-24)6-13-10-25(18(20)21)23-17(13)15-5-4-14(19)7-16(15)11(2)26/h4-5,7-11,18,26H,3,6H2,1-2H3/t11-/m1/s1. The molecule has 1 N–H and O–H groups in total. The van der Waals surface area contributed by atoms with Crippen molar-refractivity contribution in [3.63, 3.8) is 0 Å². The van der Waals surface area contributed by atoms with E-state index in [2.05, 4.69) is 10.2 Å². The van der Waals surface area contributed by atoms with Gasteiger partial charge in [-0.25, -0.2) is 9.07 Å². The lowest BCUT2D eigenvalue weighted by Crippen LogP contribution is -2.00. The minimum atomic E-state index is -2.80. The average Bonchev–Trinajstić information content (AvgIpc) is 3.22. The summed E-state index contributed by atoms with van der Waals surface area (Å²) in [5, 5.41) is 18.1. The second kappa shape index (κ2) is 7.33. The topological polar surface area (TPSA) is 55.9 Å². The minimum absolute atomic E-state index is 0.297. The zero-order chi connectivity index (χ0) is 18.8. The van der Waals surface area contributed by atoms with E-state index >= 15 is 0 Å². The SMILES string of the molecule is CCn1cc(Cc2cn(C(F)F)nc2-c2ccc(F)cc2[C@@H](C)O)cn1. The van der Waals surface area contributed by atoms with Gasteiger partial charge in [-0.2, -0.15) is 19.0 Å². The Labute approximate surface area is 148 Å². The summed E-state index contributed by atoms with van der Waals surface area (Å²) in [6, 6.07) is 3.87. The van der Waals surface area contributed by atoms with E-state index in [0.29, 0.717) is 40.0 Å². The van der Waals surface area contributed by atoms with Gasteiger partial charge in [-0.05, 0) is 43.2 Å². The van der Waals surface area contributed by atoms with Gasteiger partial charge in [0.1, 0.15) is 5.82 Å². The molecule has 1 aromatic carbocycles. The van der Waals surface area contributed by atoms with E-state index in [0.717, 1.165) is 5.56 Å². The zero-order valence-electron chi connectivity index (χ0n) is 14.4. The van der Waals surface area contributed by atoms with Crippen molar-refractivity contribution in [1.82, 2.24) is 19.6 Å². The summed E-state index contributed by atoms with van der Waals surface area (Å²) in [5.41, 5.74) is 2.43. The number of hydrogen-bond acceptors (Lipinski definition) is 3. The third-order valence-corrected chi connectivity index (χ3v) is 4.13. The van der Waals surface area contributed by atoms with E-state index < -0.39 is 18.5 Å². The minimum Gasteiger partial charge on any atom is -0.389 e. The van der Waals surface area contributed by atoms with Gasteiger partial charge < -0.3 is 5.11 Å². The quantitative estimate of drug-likeness (QED) is 0.721. The van der Waals surface area contributed by atoms with Crippen molar-refractivity contribution in [2.24, 2.45) is 0 Å². The first kappa shape index (κ1) is 18.2. The molecule has 2 heterocycles. The Hall–Kier alpha value is -2.61. The molecule has 0 unspecified atom stereocenters. The Kier molecular flexibility index (Phi) is 5.13. The molecular formula is C18H19F3N4O. The van der Waals surface area contributed by atoms with Gasteiger partial charge in [0.25, 0.3) is 0 Å². The molecule has 5 nitrogen and oxygen atoms in total. The van der Waals surface area contributed by atoms with Crippen molar-refractivity contribution in [2.75, 3.05) is 0 Å². The molecule has 0 radical (unpaired) electrons. The Morgan fingerprint density at radius 3 is 2.62 bits per heavy atom. The van der Waals surface area contributed by atoms with Crippen molar-refractivity contribution in [1.29, 1.82) is 0 Å². The Morgan fingerprint density at radius 2 is 2.00 bits per heavy atom. The second-order valence-corrected chi connectivity index (χ2v) is 6.05. The number of alkyl halides is 2. The maximum atomic E-state index is 13.6. The average molecular weight is 364 g/mol. The summed E-state index contributed by atoms with van der Waals surface area (Å²) in [5.74, 6) is -0.510. The molecule has 138 valence electrons. The van der Waals surface area contributed by atoms with E-state index in [1.807, 2.05) is 13.1 Å². The number of halogens is 3. The summed E-state index contributed by atoms with van der Waals surface area (Å²) < 4.78 is 42.2. The number of aromatic nitrogens is 4. The third-order valence-electron chi connectivity index (χ3n) is 4.13. The van der Waals surface area contributed by atoms with Crippen LogP contribution < -0.4 is 0 Å². The van der Waals surface area contributed by atoms with Crippen LogP contribution in [0.1, 0.15) is 43.2 Å². The van der Waals surface area contributed by atoms with Gasteiger partial charge in [0.05, 0.1) is 18.0 Å². The number of aliphatic hydroxyl groups excluding tert-OH is 1. The highest BCUT2D eigenvalue weighted by atomic mass is 19.3. The first-order chi connectivity index (χ1) is 12.4. The van der Waals surface area contributed by atoms with Crippen LogP contribution in [0.4, 0.5) is 13.2 Å². The summed E-state index contributed by atoms with van der Waals surface area (Å²) >= 11 is 0.